The molecule has 2 N–H and O–H groups in total. The van der Waals surface area contributed by atoms with Crippen molar-refractivity contribution in [3.05, 3.63) is 39.9 Å². The summed E-state index contributed by atoms with van der Waals surface area (Å²) in [6.45, 7) is 0.228. The van der Waals surface area contributed by atoms with Crippen LogP contribution < -0.4 is 10.6 Å². The molecule has 1 aromatic carbocycles. The van der Waals surface area contributed by atoms with E-state index in [1.807, 2.05) is 12.1 Å². The van der Waals surface area contributed by atoms with E-state index < -0.39 is 0 Å². The van der Waals surface area contributed by atoms with Crippen LogP contribution in [0.3, 0.4) is 0 Å². The number of fused-ring (bicyclic) bond motifs is 1. The summed E-state index contributed by atoms with van der Waals surface area (Å²) in [6.07, 6.45) is 4.51. The molecule has 0 aromatic heterocycles. The molecule has 2 amide bonds. The molecule has 0 atom stereocenters. The van der Waals surface area contributed by atoms with E-state index in [2.05, 4.69) is 16.7 Å². The zero-order valence-electron chi connectivity index (χ0n) is 10.5. The highest BCUT2D eigenvalue weighted by Crippen LogP contribution is 2.27. The van der Waals surface area contributed by atoms with E-state index in [4.69, 9.17) is 23.2 Å². The monoisotopic (exact) mass is 298 g/mol. The van der Waals surface area contributed by atoms with E-state index in [9.17, 15) is 4.79 Å². The highest BCUT2D eigenvalue weighted by molar-refractivity contribution is 6.36. The van der Waals surface area contributed by atoms with Gasteiger partial charge < -0.3 is 10.6 Å². The summed E-state index contributed by atoms with van der Waals surface area (Å²) in [5.41, 5.74) is 4.72. The first-order valence-electron chi connectivity index (χ1n) is 6.31. The number of halogens is 2. The Kier molecular flexibility index (Phi) is 5.11. The lowest BCUT2D eigenvalue weighted by Crippen LogP contribution is -2.30. The lowest BCUT2D eigenvalue weighted by atomic mass is 9.90. The van der Waals surface area contributed by atoms with Crippen LogP contribution in [0.1, 0.15) is 24.0 Å². The van der Waals surface area contributed by atoms with Gasteiger partial charge in [-0.15, -0.1) is 0 Å². The number of rotatable bonds is 3. The third-order valence-electron chi connectivity index (χ3n) is 3.18. The Morgan fingerprint density at radius 3 is 2.89 bits per heavy atom. The lowest BCUT2D eigenvalue weighted by Gasteiger charge is -2.19. The number of urea groups is 1. The quantitative estimate of drug-likeness (QED) is 0.870. The Bertz CT molecular complexity index is 500. The normalized spacial score (nSPS) is 14.7. The molecule has 0 unspecified atom stereocenters. The van der Waals surface area contributed by atoms with Crippen molar-refractivity contribution >= 4 is 34.9 Å². The molecule has 19 heavy (non-hydrogen) atoms. The first kappa shape index (κ1) is 14.2. The molecule has 3 nitrogen and oxygen atoms in total. The predicted molar refractivity (Wildman–Crippen MR) is 79.9 cm³/mol. The molecule has 0 spiro atoms. The maximum atomic E-state index is 11.8. The number of benzene rings is 1. The first-order chi connectivity index (χ1) is 9.20. The molecule has 0 bridgehead atoms. The van der Waals surface area contributed by atoms with Crippen molar-refractivity contribution in [3.63, 3.8) is 0 Å². The SMILES string of the molecule is O=C(NC/C(Cl)=C/Cl)Nc1cccc2c1CCCC2. The van der Waals surface area contributed by atoms with Gasteiger partial charge in [-0.25, -0.2) is 4.79 Å². The summed E-state index contributed by atoms with van der Waals surface area (Å²) in [4.78, 5) is 11.8. The molecule has 0 saturated heterocycles. The molecular weight excluding hydrogens is 283 g/mol. The number of amides is 2. The molecule has 0 fully saturated rings. The van der Waals surface area contributed by atoms with Crippen LogP contribution in [0.5, 0.6) is 0 Å². The molecule has 1 aliphatic carbocycles. The number of carbonyl (C=O) groups excluding carboxylic acids is 1. The highest BCUT2D eigenvalue weighted by atomic mass is 35.5. The molecule has 102 valence electrons. The predicted octanol–water partition coefficient (Wildman–Crippen LogP) is 4.01. The Morgan fingerprint density at radius 1 is 1.32 bits per heavy atom. The average molecular weight is 299 g/mol. The van der Waals surface area contributed by atoms with Gasteiger partial charge in [0.2, 0.25) is 0 Å². The fraction of sp³-hybridized carbons (Fsp3) is 0.357. The van der Waals surface area contributed by atoms with Crippen molar-refractivity contribution in [2.24, 2.45) is 0 Å². The van der Waals surface area contributed by atoms with Crippen LogP contribution in [-0.4, -0.2) is 12.6 Å². The van der Waals surface area contributed by atoms with Gasteiger partial charge in [0, 0.05) is 16.3 Å². The minimum absolute atomic E-state index is 0.228. The molecule has 0 radical (unpaired) electrons. The third kappa shape index (κ3) is 3.88. The molecule has 0 heterocycles. The van der Waals surface area contributed by atoms with Gasteiger partial charge in [-0.2, -0.15) is 0 Å². The van der Waals surface area contributed by atoms with Crippen LogP contribution in [0.2, 0.25) is 0 Å². The third-order valence-corrected chi connectivity index (χ3v) is 3.80. The minimum Gasteiger partial charge on any atom is -0.333 e. The van der Waals surface area contributed by atoms with E-state index in [0.717, 1.165) is 18.5 Å². The topological polar surface area (TPSA) is 41.1 Å². The van der Waals surface area contributed by atoms with Gasteiger partial charge >= 0.3 is 6.03 Å². The van der Waals surface area contributed by atoms with Crippen LogP contribution in [-0.2, 0) is 12.8 Å². The number of hydrogen-bond donors (Lipinski definition) is 2. The zero-order valence-corrected chi connectivity index (χ0v) is 12.0. The van der Waals surface area contributed by atoms with Crippen LogP contribution in [0.15, 0.2) is 28.8 Å². The van der Waals surface area contributed by atoms with Crippen molar-refractivity contribution in [1.82, 2.24) is 5.32 Å². The van der Waals surface area contributed by atoms with Gasteiger partial charge in [-0.3, -0.25) is 0 Å². The lowest BCUT2D eigenvalue weighted by molar-refractivity contribution is 0.253. The van der Waals surface area contributed by atoms with Crippen LogP contribution in [0.4, 0.5) is 10.5 Å². The molecular formula is C14H16Cl2N2O. The van der Waals surface area contributed by atoms with E-state index in [1.54, 1.807) is 0 Å². The van der Waals surface area contributed by atoms with E-state index >= 15 is 0 Å². The summed E-state index contributed by atoms with van der Waals surface area (Å²) >= 11 is 11.1. The summed E-state index contributed by atoms with van der Waals surface area (Å²) in [6, 6.07) is 5.77. The summed E-state index contributed by atoms with van der Waals surface area (Å²) in [5, 5.41) is 5.92. The maximum Gasteiger partial charge on any atom is 0.319 e. The maximum absolute atomic E-state index is 11.8. The second-order valence-electron chi connectivity index (χ2n) is 4.51. The summed E-state index contributed by atoms with van der Waals surface area (Å²) < 4.78 is 0. The molecule has 2 rings (SSSR count). The minimum atomic E-state index is -0.268. The number of anilines is 1. The van der Waals surface area contributed by atoms with Gasteiger partial charge in [0.15, 0.2) is 0 Å². The van der Waals surface area contributed by atoms with Crippen molar-refractivity contribution < 1.29 is 4.79 Å². The number of carbonyl (C=O) groups is 1. The summed E-state index contributed by atoms with van der Waals surface area (Å²) in [7, 11) is 0. The van der Waals surface area contributed by atoms with Gasteiger partial charge in [-0.1, -0.05) is 35.3 Å². The van der Waals surface area contributed by atoms with Gasteiger partial charge in [0.05, 0.1) is 6.54 Å². The molecule has 0 saturated carbocycles. The fourth-order valence-corrected chi connectivity index (χ4v) is 2.41. The van der Waals surface area contributed by atoms with Crippen molar-refractivity contribution in [2.75, 3.05) is 11.9 Å². The number of nitrogens with one attached hydrogen (secondary N) is 2. The summed E-state index contributed by atoms with van der Waals surface area (Å²) in [5.74, 6) is 0. The molecule has 1 aliphatic rings. The standard InChI is InChI=1S/C14H16Cl2N2O/c15-8-11(16)9-17-14(19)18-13-7-3-5-10-4-1-2-6-12(10)13/h3,5,7-8H,1-2,4,6,9H2,(H2,17,18,19)/b11-8-. The second-order valence-corrected chi connectivity index (χ2v) is 5.22. The molecule has 5 heteroatoms. The van der Waals surface area contributed by atoms with Crippen LogP contribution in [0, 0.1) is 0 Å². The van der Waals surface area contributed by atoms with Crippen molar-refractivity contribution in [2.45, 2.75) is 25.7 Å². The Morgan fingerprint density at radius 2 is 2.11 bits per heavy atom. The Hall–Kier alpha value is -1.19. The number of aryl methyl sites for hydroxylation is 1. The Labute approximate surface area is 123 Å². The van der Waals surface area contributed by atoms with Crippen LogP contribution >= 0.6 is 23.2 Å². The van der Waals surface area contributed by atoms with Gasteiger partial charge in [-0.05, 0) is 42.9 Å². The largest absolute Gasteiger partial charge is 0.333 e. The van der Waals surface area contributed by atoms with Gasteiger partial charge in [0.25, 0.3) is 0 Å². The first-order valence-corrected chi connectivity index (χ1v) is 7.12. The van der Waals surface area contributed by atoms with E-state index in [-0.39, 0.29) is 12.6 Å². The van der Waals surface area contributed by atoms with Gasteiger partial charge in [0.1, 0.15) is 0 Å². The van der Waals surface area contributed by atoms with E-state index in [1.165, 1.54) is 29.5 Å². The average Bonchev–Trinajstić information content (AvgIpc) is 2.45. The molecule has 1 aromatic rings. The number of hydrogen-bond acceptors (Lipinski definition) is 1. The molecule has 0 aliphatic heterocycles. The van der Waals surface area contributed by atoms with Crippen molar-refractivity contribution in [1.29, 1.82) is 0 Å². The zero-order chi connectivity index (χ0) is 13.7. The van der Waals surface area contributed by atoms with E-state index in [0.29, 0.717) is 5.03 Å². The Balaban J connectivity index is 2.01. The second kappa shape index (κ2) is 6.83. The van der Waals surface area contributed by atoms with Crippen LogP contribution in [0.25, 0.3) is 0 Å². The fourth-order valence-electron chi connectivity index (χ4n) is 2.27. The van der Waals surface area contributed by atoms with Crippen molar-refractivity contribution in [3.8, 4) is 0 Å². The highest BCUT2D eigenvalue weighted by Gasteiger charge is 2.14. The smallest absolute Gasteiger partial charge is 0.319 e.